The zero-order chi connectivity index (χ0) is 22.6. The van der Waals surface area contributed by atoms with Crippen molar-refractivity contribution in [2.75, 3.05) is 18.9 Å². The maximum Gasteiger partial charge on any atom is 0.266 e. The van der Waals surface area contributed by atoms with Crippen LogP contribution in [0.4, 0.5) is 18.9 Å². The number of likely N-dealkylation sites (N-methyl/N-ethyl adjacent to an activating group) is 1. The molecule has 0 aliphatic rings. The molecule has 158 valence electrons. The fraction of sp³-hybridized carbons (Fsp3) is 0.300. The monoisotopic (exact) mass is 420 g/mol. The van der Waals surface area contributed by atoms with E-state index >= 15 is 0 Å². The average Bonchev–Trinajstić information content (AvgIpc) is 2.68. The summed E-state index contributed by atoms with van der Waals surface area (Å²) in [5.74, 6) is -5.83. The van der Waals surface area contributed by atoms with E-state index in [0.717, 1.165) is 11.0 Å². The summed E-state index contributed by atoms with van der Waals surface area (Å²) in [7, 11) is 1.36. The normalized spacial score (nSPS) is 10.4. The summed E-state index contributed by atoms with van der Waals surface area (Å²) in [5, 5.41) is 11.2. The first-order valence-corrected chi connectivity index (χ1v) is 8.86. The predicted molar refractivity (Wildman–Crippen MR) is 102 cm³/mol. The lowest BCUT2D eigenvalue weighted by molar-refractivity contribution is -0.133. The van der Waals surface area contributed by atoms with Crippen molar-refractivity contribution >= 4 is 17.5 Å². The molecule has 0 unspecified atom stereocenters. The Balaban J connectivity index is 2.01. The molecular weight excluding hydrogens is 401 g/mol. The minimum Gasteiger partial charge on any atom is -0.336 e. The van der Waals surface area contributed by atoms with Crippen LogP contribution < -0.4 is 10.9 Å². The van der Waals surface area contributed by atoms with Gasteiger partial charge in [-0.2, -0.15) is 5.26 Å². The van der Waals surface area contributed by atoms with Gasteiger partial charge in [0.05, 0.1) is 12.2 Å². The Hall–Kier alpha value is -3.61. The van der Waals surface area contributed by atoms with Crippen LogP contribution in [0.3, 0.4) is 0 Å². The molecule has 7 nitrogen and oxygen atoms in total. The van der Waals surface area contributed by atoms with Crippen LogP contribution in [0, 0.1) is 42.6 Å². The lowest BCUT2D eigenvalue weighted by atomic mass is 9.99. The molecule has 0 radical (unpaired) electrons. The zero-order valence-electron chi connectivity index (χ0n) is 16.5. The van der Waals surface area contributed by atoms with Crippen molar-refractivity contribution in [1.29, 1.82) is 5.26 Å². The highest BCUT2D eigenvalue weighted by Gasteiger charge is 2.19. The lowest BCUT2D eigenvalue weighted by Gasteiger charge is -2.18. The quantitative estimate of drug-likeness (QED) is 0.700. The van der Waals surface area contributed by atoms with Crippen LogP contribution in [0.25, 0.3) is 0 Å². The van der Waals surface area contributed by atoms with Crippen LogP contribution in [-0.2, 0) is 16.0 Å². The van der Waals surface area contributed by atoms with Crippen molar-refractivity contribution < 1.29 is 22.8 Å². The number of halogens is 3. The maximum atomic E-state index is 13.6. The first kappa shape index (κ1) is 22.7. The Kier molecular flexibility index (Phi) is 7.00. The van der Waals surface area contributed by atoms with Gasteiger partial charge in [0.1, 0.15) is 11.6 Å². The molecule has 0 fully saturated rings. The number of pyridine rings is 1. The summed E-state index contributed by atoms with van der Waals surface area (Å²) >= 11 is 0. The number of amides is 2. The van der Waals surface area contributed by atoms with Crippen LogP contribution in [0.2, 0.25) is 0 Å². The Morgan fingerprint density at radius 2 is 1.87 bits per heavy atom. The minimum absolute atomic E-state index is 0.0120. The van der Waals surface area contributed by atoms with Gasteiger partial charge >= 0.3 is 0 Å². The third-order valence-corrected chi connectivity index (χ3v) is 4.62. The van der Waals surface area contributed by atoms with Gasteiger partial charge in [-0.3, -0.25) is 14.4 Å². The smallest absolute Gasteiger partial charge is 0.266 e. The maximum absolute atomic E-state index is 13.6. The fourth-order valence-electron chi connectivity index (χ4n) is 2.96. The molecule has 0 saturated carbocycles. The van der Waals surface area contributed by atoms with E-state index in [1.165, 1.54) is 7.05 Å². The molecule has 0 bridgehead atoms. The second-order valence-corrected chi connectivity index (χ2v) is 6.69. The van der Waals surface area contributed by atoms with Gasteiger partial charge in [0.15, 0.2) is 17.5 Å². The number of rotatable bonds is 6. The number of H-pyrrole nitrogens is 1. The van der Waals surface area contributed by atoms with Gasteiger partial charge < -0.3 is 15.2 Å². The van der Waals surface area contributed by atoms with E-state index < -0.39 is 47.1 Å². The van der Waals surface area contributed by atoms with Crippen molar-refractivity contribution in [3.8, 4) is 6.07 Å². The average molecular weight is 420 g/mol. The number of aromatic nitrogens is 1. The van der Waals surface area contributed by atoms with Crippen LogP contribution in [0.5, 0.6) is 0 Å². The Bertz CT molecular complexity index is 1110. The molecule has 30 heavy (non-hydrogen) atoms. The molecule has 10 heteroatoms. The number of carbonyl (C=O) groups is 2. The molecule has 2 rings (SSSR count). The van der Waals surface area contributed by atoms with E-state index in [1.807, 2.05) is 6.07 Å². The number of carbonyl (C=O) groups excluding carboxylic acids is 2. The number of benzene rings is 1. The number of hydrogen-bond acceptors (Lipinski definition) is 4. The lowest BCUT2D eigenvalue weighted by Crippen LogP contribution is -2.35. The summed E-state index contributed by atoms with van der Waals surface area (Å²) < 4.78 is 39.8. The first-order chi connectivity index (χ1) is 14.1. The van der Waals surface area contributed by atoms with Crippen molar-refractivity contribution in [1.82, 2.24) is 9.88 Å². The summed E-state index contributed by atoms with van der Waals surface area (Å²) in [6.45, 7) is 2.83. The van der Waals surface area contributed by atoms with Crippen LogP contribution >= 0.6 is 0 Å². The third kappa shape index (κ3) is 4.86. The second kappa shape index (κ2) is 9.26. The largest absolute Gasteiger partial charge is 0.336 e. The van der Waals surface area contributed by atoms with E-state index in [1.54, 1.807) is 13.8 Å². The van der Waals surface area contributed by atoms with E-state index in [-0.39, 0.29) is 18.4 Å². The Morgan fingerprint density at radius 3 is 2.50 bits per heavy atom. The van der Waals surface area contributed by atoms with E-state index in [0.29, 0.717) is 22.9 Å². The molecule has 2 aromatic rings. The van der Waals surface area contributed by atoms with Crippen molar-refractivity contribution in [2.45, 2.75) is 26.7 Å². The summed E-state index contributed by atoms with van der Waals surface area (Å²) in [4.78, 5) is 39.8. The van der Waals surface area contributed by atoms with Gasteiger partial charge in [-0.25, -0.2) is 13.2 Å². The standard InChI is InChI=1S/C20H19F3N4O3/c1-10-12(11(2)25-20(30)13(10)8-24)4-7-17(29)27(3)9-16(28)26-15-6-5-14(21)18(22)19(15)23/h5-6H,4,7,9H2,1-3H3,(H,25,30)(H,26,28). The Morgan fingerprint density at radius 1 is 1.20 bits per heavy atom. The molecule has 2 N–H and O–H groups in total. The molecule has 0 aliphatic carbocycles. The number of nitrogens with zero attached hydrogens (tertiary/aromatic N) is 2. The fourth-order valence-corrected chi connectivity index (χ4v) is 2.96. The van der Waals surface area contributed by atoms with Gasteiger partial charge in [0.2, 0.25) is 11.8 Å². The predicted octanol–water partition coefficient (Wildman–Crippen LogP) is 2.31. The van der Waals surface area contributed by atoms with Crippen LogP contribution in [0.15, 0.2) is 16.9 Å². The number of aryl methyl sites for hydroxylation is 1. The summed E-state index contributed by atoms with van der Waals surface area (Å²) in [5.41, 5.74) is 0.619. The number of anilines is 1. The van der Waals surface area contributed by atoms with Gasteiger partial charge in [0.25, 0.3) is 5.56 Å². The molecule has 1 heterocycles. The number of nitriles is 1. The Labute approximate surface area is 170 Å². The van der Waals surface area contributed by atoms with Gasteiger partial charge in [-0.05, 0) is 43.5 Å². The molecule has 1 aromatic heterocycles. The molecule has 2 amide bonds. The van der Waals surface area contributed by atoms with Crippen LogP contribution in [0.1, 0.15) is 28.8 Å². The summed E-state index contributed by atoms with van der Waals surface area (Å²) in [6, 6.07) is 3.38. The number of hydrogen-bond donors (Lipinski definition) is 2. The van der Waals surface area contributed by atoms with Gasteiger partial charge in [0, 0.05) is 19.2 Å². The zero-order valence-corrected chi connectivity index (χ0v) is 16.5. The molecule has 0 spiro atoms. The van der Waals surface area contributed by atoms with Crippen molar-refractivity contribution in [3.05, 3.63) is 62.3 Å². The van der Waals surface area contributed by atoms with Gasteiger partial charge in [-0.15, -0.1) is 0 Å². The molecule has 0 saturated heterocycles. The third-order valence-electron chi connectivity index (χ3n) is 4.62. The highest BCUT2D eigenvalue weighted by Crippen LogP contribution is 2.19. The highest BCUT2D eigenvalue weighted by molar-refractivity contribution is 5.94. The highest BCUT2D eigenvalue weighted by atomic mass is 19.2. The SMILES string of the molecule is Cc1[nH]c(=O)c(C#N)c(C)c1CCC(=O)N(C)CC(=O)Nc1ccc(F)c(F)c1F. The topological polar surface area (TPSA) is 106 Å². The van der Waals surface area contributed by atoms with Crippen molar-refractivity contribution in [2.24, 2.45) is 0 Å². The van der Waals surface area contributed by atoms with E-state index in [9.17, 15) is 27.6 Å². The minimum atomic E-state index is -1.71. The second-order valence-electron chi connectivity index (χ2n) is 6.69. The van der Waals surface area contributed by atoms with Gasteiger partial charge in [-0.1, -0.05) is 0 Å². The first-order valence-electron chi connectivity index (χ1n) is 8.86. The van der Waals surface area contributed by atoms with E-state index in [2.05, 4.69) is 10.3 Å². The number of aromatic amines is 1. The summed E-state index contributed by atoms with van der Waals surface area (Å²) in [6.07, 6.45) is 0.216. The van der Waals surface area contributed by atoms with Crippen molar-refractivity contribution in [3.63, 3.8) is 0 Å². The molecule has 0 aliphatic heterocycles. The van der Waals surface area contributed by atoms with E-state index in [4.69, 9.17) is 5.26 Å². The molecule has 1 aromatic carbocycles. The molecule has 0 atom stereocenters. The number of nitrogens with one attached hydrogen (secondary N) is 2. The molecular formula is C20H19F3N4O3. The van der Waals surface area contributed by atoms with Crippen LogP contribution in [-0.4, -0.2) is 35.3 Å².